The first kappa shape index (κ1) is 14.0. The van der Waals surface area contributed by atoms with Crippen molar-refractivity contribution in [3.05, 3.63) is 21.6 Å². The van der Waals surface area contributed by atoms with Crippen LogP contribution < -0.4 is 0 Å². The quantitative estimate of drug-likeness (QED) is 0.611. The molecule has 0 spiro atoms. The standard InChI is InChI=1S/C6H3BrN2O6S2/c7-6-4(16(10,11)12)1-3(9-8)2-5(6)17(13,14)15/h1-2H,(H-,10,11,12,13,14,15)/p+1. The Bertz CT molecular complexity index is 664. The molecule has 1 aromatic rings. The van der Waals surface area contributed by atoms with E-state index in [1.807, 2.05) is 0 Å². The van der Waals surface area contributed by atoms with Crippen molar-refractivity contribution >= 4 is 41.9 Å². The van der Waals surface area contributed by atoms with Crippen LogP contribution in [0.25, 0.3) is 4.98 Å². The molecule has 0 saturated carbocycles. The molecule has 0 aliphatic carbocycles. The second-order valence-electron chi connectivity index (χ2n) is 2.81. The predicted octanol–water partition coefficient (Wildman–Crippen LogP) is 1.43. The first-order chi connectivity index (χ1) is 7.57. The lowest BCUT2D eigenvalue weighted by atomic mass is 10.3. The zero-order chi connectivity index (χ0) is 13.4. The first-order valence-electron chi connectivity index (χ1n) is 3.71. The smallest absolute Gasteiger partial charge is 0.282 e. The lowest BCUT2D eigenvalue weighted by Crippen LogP contribution is -2.05. The number of halogens is 1. The van der Waals surface area contributed by atoms with E-state index in [-0.39, 0.29) is 0 Å². The van der Waals surface area contributed by atoms with Gasteiger partial charge in [0.25, 0.3) is 20.2 Å². The highest BCUT2D eigenvalue weighted by molar-refractivity contribution is 9.10. The number of benzene rings is 1. The van der Waals surface area contributed by atoms with E-state index in [0.29, 0.717) is 12.1 Å². The summed E-state index contributed by atoms with van der Waals surface area (Å²) in [5.74, 6) is 0. The third-order valence-electron chi connectivity index (χ3n) is 1.66. The molecule has 0 heterocycles. The highest BCUT2D eigenvalue weighted by Crippen LogP contribution is 2.33. The van der Waals surface area contributed by atoms with Gasteiger partial charge in [0.05, 0.1) is 16.6 Å². The van der Waals surface area contributed by atoms with Gasteiger partial charge in [-0.3, -0.25) is 9.11 Å². The Labute approximate surface area is 105 Å². The molecule has 0 saturated heterocycles. The molecule has 0 radical (unpaired) electrons. The summed E-state index contributed by atoms with van der Waals surface area (Å²) in [7, 11) is -9.48. The van der Waals surface area contributed by atoms with Crippen molar-refractivity contribution in [3.8, 4) is 0 Å². The van der Waals surface area contributed by atoms with Gasteiger partial charge in [-0.2, -0.15) is 16.8 Å². The van der Waals surface area contributed by atoms with Crippen molar-refractivity contribution in [3.63, 3.8) is 0 Å². The molecule has 0 unspecified atom stereocenters. The van der Waals surface area contributed by atoms with Crippen molar-refractivity contribution < 1.29 is 25.9 Å². The fourth-order valence-corrected chi connectivity index (χ4v) is 3.72. The molecule has 1 aromatic carbocycles. The fraction of sp³-hybridized carbons (Fsp3) is 0. The molecule has 0 amide bonds. The van der Waals surface area contributed by atoms with Crippen LogP contribution in [0.3, 0.4) is 0 Å². The van der Waals surface area contributed by atoms with E-state index < -0.39 is 40.2 Å². The van der Waals surface area contributed by atoms with Crippen molar-refractivity contribution in [2.24, 2.45) is 0 Å². The van der Waals surface area contributed by atoms with Crippen molar-refractivity contribution in [2.75, 3.05) is 0 Å². The maximum Gasteiger partial charge on any atom is 0.387 e. The summed E-state index contributed by atoms with van der Waals surface area (Å²) >= 11 is 2.61. The maximum absolute atomic E-state index is 10.9. The van der Waals surface area contributed by atoms with Crippen LogP contribution in [0.5, 0.6) is 0 Å². The molecule has 0 aliphatic rings. The molecular weight excluding hydrogens is 340 g/mol. The number of diazo groups is 1. The third-order valence-corrected chi connectivity index (χ3v) is 4.80. The van der Waals surface area contributed by atoms with Crippen LogP contribution in [-0.4, -0.2) is 25.9 Å². The van der Waals surface area contributed by atoms with Crippen molar-refractivity contribution in [1.29, 1.82) is 5.39 Å². The Morgan fingerprint density at radius 3 is 1.65 bits per heavy atom. The lowest BCUT2D eigenvalue weighted by Gasteiger charge is -2.03. The van der Waals surface area contributed by atoms with Gasteiger partial charge in [-0.25, -0.2) is 0 Å². The van der Waals surface area contributed by atoms with Crippen LogP contribution in [0, 0.1) is 5.39 Å². The summed E-state index contributed by atoms with van der Waals surface area (Å²) in [6, 6.07) is 1.43. The number of nitrogens with zero attached hydrogens (tertiary/aromatic N) is 2. The number of hydrogen-bond donors (Lipinski definition) is 2. The minimum atomic E-state index is -4.74. The summed E-state index contributed by atoms with van der Waals surface area (Å²) in [5, 5.41) is 8.47. The molecule has 17 heavy (non-hydrogen) atoms. The average molecular weight is 344 g/mol. The molecule has 2 N–H and O–H groups in total. The molecule has 1 rings (SSSR count). The van der Waals surface area contributed by atoms with E-state index >= 15 is 0 Å². The topological polar surface area (TPSA) is 137 Å². The Kier molecular flexibility index (Phi) is 3.55. The van der Waals surface area contributed by atoms with Gasteiger partial charge < -0.3 is 0 Å². The zero-order valence-electron chi connectivity index (χ0n) is 7.77. The molecular formula is C6H4BrN2O6S2+. The van der Waals surface area contributed by atoms with Gasteiger partial charge in [-0.15, -0.1) is 0 Å². The minimum Gasteiger partial charge on any atom is -0.282 e. The molecule has 92 valence electrons. The van der Waals surface area contributed by atoms with Crippen LogP contribution in [0.1, 0.15) is 0 Å². The molecule has 0 bridgehead atoms. The van der Waals surface area contributed by atoms with Gasteiger partial charge in [0.1, 0.15) is 9.79 Å². The van der Waals surface area contributed by atoms with E-state index in [9.17, 15) is 16.8 Å². The summed E-state index contributed by atoms with van der Waals surface area (Å²) < 4.78 is 60.8. The van der Waals surface area contributed by atoms with E-state index in [2.05, 4.69) is 20.9 Å². The molecule has 0 aromatic heterocycles. The summed E-state index contributed by atoms with van der Waals surface area (Å²) in [6.07, 6.45) is 0. The van der Waals surface area contributed by atoms with Crippen molar-refractivity contribution in [2.45, 2.75) is 9.79 Å². The molecule has 0 fully saturated rings. The van der Waals surface area contributed by atoms with E-state index in [1.165, 1.54) is 0 Å². The van der Waals surface area contributed by atoms with Crippen LogP contribution in [0.15, 0.2) is 26.4 Å². The normalized spacial score (nSPS) is 12.1. The van der Waals surface area contributed by atoms with Crippen LogP contribution in [0.2, 0.25) is 0 Å². The van der Waals surface area contributed by atoms with Gasteiger partial charge in [0.2, 0.25) is 5.39 Å². The van der Waals surface area contributed by atoms with Gasteiger partial charge >= 0.3 is 5.69 Å². The third kappa shape index (κ3) is 2.99. The molecule has 8 nitrogen and oxygen atoms in total. The average Bonchev–Trinajstić information content (AvgIpc) is 2.14. The van der Waals surface area contributed by atoms with Gasteiger partial charge in [0.15, 0.2) is 4.98 Å². The first-order valence-corrected chi connectivity index (χ1v) is 7.38. The van der Waals surface area contributed by atoms with Gasteiger partial charge in [-0.05, 0) is 15.9 Å². The maximum atomic E-state index is 10.9. The van der Waals surface area contributed by atoms with E-state index in [0.717, 1.165) is 0 Å². The predicted molar refractivity (Wildman–Crippen MR) is 58.5 cm³/mol. The second kappa shape index (κ2) is 4.31. The summed E-state index contributed by atoms with van der Waals surface area (Å²) in [4.78, 5) is 0.894. The Morgan fingerprint density at radius 2 is 1.41 bits per heavy atom. The molecule has 11 heteroatoms. The largest absolute Gasteiger partial charge is 0.387 e. The van der Waals surface area contributed by atoms with Crippen LogP contribution in [-0.2, 0) is 20.2 Å². The molecule has 0 aliphatic heterocycles. The SMILES string of the molecule is N#[N+]c1cc(S(=O)(=O)O)c(Br)c(S(=O)(=O)O)c1. The lowest BCUT2D eigenvalue weighted by molar-refractivity contribution is 0.480. The second-order valence-corrected chi connectivity index (χ2v) is 6.38. The number of hydrogen-bond acceptors (Lipinski definition) is 5. The summed E-state index contributed by atoms with van der Waals surface area (Å²) in [6.45, 7) is 0. The highest BCUT2D eigenvalue weighted by atomic mass is 79.9. The summed E-state index contributed by atoms with van der Waals surface area (Å²) in [5.41, 5.74) is -0.464. The highest BCUT2D eigenvalue weighted by Gasteiger charge is 2.28. The van der Waals surface area contributed by atoms with E-state index in [1.54, 1.807) is 0 Å². The van der Waals surface area contributed by atoms with Crippen LogP contribution >= 0.6 is 15.9 Å². The van der Waals surface area contributed by atoms with Gasteiger partial charge in [0, 0.05) is 0 Å². The Morgan fingerprint density at radius 1 is 1.06 bits per heavy atom. The Hall–Kier alpha value is -1.06. The van der Waals surface area contributed by atoms with Crippen molar-refractivity contribution in [1.82, 2.24) is 0 Å². The minimum absolute atomic E-state index is 0.464. The Balaban J connectivity index is 3.86. The fourth-order valence-electron chi connectivity index (χ4n) is 0.992. The van der Waals surface area contributed by atoms with Gasteiger partial charge in [-0.1, -0.05) is 0 Å². The monoisotopic (exact) mass is 343 g/mol. The number of rotatable bonds is 2. The van der Waals surface area contributed by atoms with E-state index in [4.69, 9.17) is 14.5 Å². The zero-order valence-corrected chi connectivity index (χ0v) is 11.0. The molecule has 0 atom stereocenters. The van der Waals surface area contributed by atoms with Crippen LogP contribution in [0.4, 0.5) is 5.69 Å².